The number of hydrogen-bond acceptors (Lipinski definition) is 3. The zero-order valence-corrected chi connectivity index (χ0v) is 18.6. The molecule has 0 aliphatic carbocycles. The minimum Gasteiger partial charge on any atom is -0.348 e. The first kappa shape index (κ1) is 22.5. The zero-order valence-electron chi connectivity index (χ0n) is 18.6. The van der Waals surface area contributed by atoms with Crippen molar-refractivity contribution in [1.82, 2.24) is 10.2 Å². The fourth-order valence-electron chi connectivity index (χ4n) is 3.97. The second kappa shape index (κ2) is 9.77. The van der Waals surface area contributed by atoms with E-state index in [2.05, 4.69) is 10.6 Å². The third kappa shape index (κ3) is 5.72. The van der Waals surface area contributed by atoms with Crippen molar-refractivity contribution in [1.29, 1.82) is 0 Å². The lowest BCUT2D eigenvalue weighted by Crippen LogP contribution is -2.53. The number of rotatable bonds is 6. The van der Waals surface area contributed by atoms with E-state index in [9.17, 15) is 14.4 Å². The van der Waals surface area contributed by atoms with Gasteiger partial charge in [0.15, 0.2) is 0 Å². The SMILES string of the molecule is CC(=O)Nc1cccc(C(C)NC(=O)C2Cc3ccccc3CN2C(=O)CC(C)C)c1. The third-order valence-electron chi connectivity index (χ3n) is 5.52. The Kier molecular flexibility index (Phi) is 7.10. The lowest BCUT2D eigenvalue weighted by molar-refractivity contribution is -0.142. The fourth-order valence-corrected chi connectivity index (χ4v) is 3.97. The quantitative estimate of drug-likeness (QED) is 0.744. The number of fused-ring (bicyclic) bond motifs is 1. The van der Waals surface area contributed by atoms with Crippen LogP contribution >= 0.6 is 0 Å². The molecule has 0 aromatic heterocycles. The van der Waals surface area contributed by atoms with Crippen LogP contribution in [0.3, 0.4) is 0 Å². The summed E-state index contributed by atoms with van der Waals surface area (Å²) < 4.78 is 0. The van der Waals surface area contributed by atoms with E-state index in [-0.39, 0.29) is 29.7 Å². The summed E-state index contributed by atoms with van der Waals surface area (Å²) in [5.41, 5.74) is 3.78. The van der Waals surface area contributed by atoms with Gasteiger partial charge >= 0.3 is 0 Å². The maximum atomic E-state index is 13.3. The molecule has 3 amide bonds. The molecule has 0 saturated heterocycles. The summed E-state index contributed by atoms with van der Waals surface area (Å²) >= 11 is 0. The van der Waals surface area contributed by atoms with E-state index in [1.165, 1.54) is 6.92 Å². The van der Waals surface area contributed by atoms with Crippen LogP contribution in [0.15, 0.2) is 48.5 Å². The average molecular weight is 422 g/mol. The van der Waals surface area contributed by atoms with Gasteiger partial charge in [0.25, 0.3) is 0 Å². The van der Waals surface area contributed by atoms with Gasteiger partial charge in [-0.05, 0) is 41.7 Å². The van der Waals surface area contributed by atoms with Crippen LogP contribution in [0.2, 0.25) is 0 Å². The van der Waals surface area contributed by atoms with E-state index >= 15 is 0 Å². The number of hydrogen-bond donors (Lipinski definition) is 2. The predicted molar refractivity (Wildman–Crippen MR) is 121 cm³/mol. The first-order valence-electron chi connectivity index (χ1n) is 10.8. The fraction of sp³-hybridized carbons (Fsp3) is 0.400. The highest BCUT2D eigenvalue weighted by Crippen LogP contribution is 2.26. The van der Waals surface area contributed by atoms with E-state index in [1.54, 1.807) is 4.90 Å². The highest BCUT2D eigenvalue weighted by molar-refractivity contribution is 5.89. The monoisotopic (exact) mass is 421 g/mol. The van der Waals surface area contributed by atoms with Gasteiger partial charge in [-0.3, -0.25) is 14.4 Å². The molecule has 2 atom stereocenters. The second-order valence-corrected chi connectivity index (χ2v) is 8.65. The van der Waals surface area contributed by atoms with Gasteiger partial charge < -0.3 is 15.5 Å². The molecule has 3 rings (SSSR count). The van der Waals surface area contributed by atoms with E-state index < -0.39 is 6.04 Å². The maximum absolute atomic E-state index is 13.3. The van der Waals surface area contributed by atoms with Crippen LogP contribution in [-0.4, -0.2) is 28.7 Å². The molecule has 1 heterocycles. The number of carbonyl (C=O) groups excluding carboxylic acids is 3. The molecule has 6 heteroatoms. The Morgan fingerprint density at radius 3 is 2.42 bits per heavy atom. The largest absolute Gasteiger partial charge is 0.348 e. The first-order valence-corrected chi connectivity index (χ1v) is 10.8. The summed E-state index contributed by atoms with van der Waals surface area (Å²) in [7, 11) is 0. The van der Waals surface area contributed by atoms with Gasteiger partial charge in [-0.25, -0.2) is 0 Å². The Balaban J connectivity index is 1.79. The van der Waals surface area contributed by atoms with Crippen molar-refractivity contribution in [3.63, 3.8) is 0 Å². The van der Waals surface area contributed by atoms with E-state index in [1.807, 2.05) is 69.3 Å². The van der Waals surface area contributed by atoms with Crippen molar-refractivity contribution in [3.8, 4) is 0 Å². The lowest BCUT2D eigenvalue weighted by Gasteiger charge is -2.37. The number of amides is 3. The van der Waals surface area contributed by atoms with Gasteiger partial charge in [0.2, 0.25) is 17.7 Å². The molecule has 31 heavy (non-hydrogen) atoms. The Bertz CT molecular complexity index is 970. The highest BCUT2D eigenvalue weighted by Gasteiger charge is 2.35. The standard InChI is InChI=1S/C25H31N3O3/c1-16(2)12-24(30)28-15-21-9-6-5-8-20(21)14-23(28)25(31)26-17(3)19-10-7-11-22(13-19)27-18(4)29/h5-11,13,16-17,23H,12,14-15H2,1-4H3,(H,26,31)(H,27,29). The van der Waals surface area contributed by atoms with Crippen molar-refractivity contribution in [2.75, 3.05) is 5.32 Å². The third-order valence-corrected chi connectivity index (χ3v) is 5.52. The molecule has 2 aromatic rings. The summed E-state index contributed by atoms with van der Waals surface area (Å²) in [6.07, 6.45) is 0.921. The van der Waals surface area contributed by atoms with Gasteiger partial charge in [-0.1, -0.05) is 50.2 Å². The molecule has 164 valence electrons. The van der Waals surface area contributed by atoms with Crippen LogP contribution in [0.1, 0.15) is 56.8 Å². The molecule has 6 nitrogen and oxygen atoms in total. The van der Waals surface area contributed by atoms with Crippen LogP contribution in [0, 0.1) is 5.92 Å². The number of nitrogens with zero attached hydrogens (tertiary/aromatic N) is 1. The molecule has 2 unspecified atom stereocenters. The van der Waals surface area contributed by atoms with Crippen molar-refractivity contribution in [2.24, 2.45) is 5.92 Å². The summed E-state index contributed by atoms with van der Waals surface area (Å²) in [5, 5.41) is 5.83. The lowest BCUT2D eigenvalue weighted by atomic mass is 9.92. The molecule has 2 N–H and O–H groups in total. The van der Waals surface area contributed by atoms with Crippen molar-refractivity contribution in [2.45, 2.75) is 59.2 Å². The molecule has 0 saturated carbocycles. The topological polar surface area (TPSA) is 78.5 Å². The highest BCUT2D eigenvalue weighted by atomic mass is 16.2. The minimum atomic E-state index is -0.540. The Hall–Kier alpha value is -3.15. The van der Waals surface area contributed by atoms with Crippen molar-refractivity contribution >= 4 is 23.4 Å². The van der Waals surface area contributed by atoms with Gasteiger partial charge in [0.05, 0.1) is 6.04 Å². The molecular weight excluding hydrogens is 390 g/mol. The zero-order chi connectivity index (χ0) is 22.5. The Morgan fingerprint density at radius 1 is 1.03 bits per heavy atom. The minimum absolute atomic E-state index is 0.00459. The molecule has 0 radical (unpaired) electrons. The first-order chi connectivity index (χ1) is 14.7. The summed E-state index contributed by atoms with van der Waals surface area (Å²) in [4.78, 5) is 39.3. The van der Waals surface area contributed by atoms with Crippen LogP contribution in [0.4, 0.5) is 5.69 Å². The van der Waals surface area contributed by atoms with Gasteiger partial charge in [-0.15, -0.1) is 0 Å². The van der Waals surface area contributed by atoms with Gasteiger partial charge in [-0.2, -0.15) is 0 Å². The molecule has 1 aliphatic rings. The van der Waals surface area contributed by atoms with Crippen LogP contribution in [-0.2, 0) is 27.3 Å². The van der Waals surface area contributed by atoms with E-state index in [0.29, 0.717) is 25.1 Å². The molecule has 1 aliphatic heterocycles. The molecule has 0 bridgehead atoms. The number of anilines is 1. The molecule has 0 spiro atoms. The smallest absolute Gasteiger partial charge is 0.243 e. The van der Waals surface area contributed by atoms with Gasteiger partial charge in [0.1, 0.15) is 6.04 Å². The number of carbonyl (C=O) groups is 3. The average Bonchev–Trinajstić information content (AvgIpc) is 2.72. The van der Waals surface area contributed by atoms with Gasteiger partial charge in [0, 0.05) is 32.0 Å². The van der Waals surface area contributed by atoms with Crippen molar-refractivity contribution in [3.05, 3.63) is 65.2 Å². The van der Waals surface area contributed by atoms with Crippen LogP contribution in [0.5, 0.6) is 0 Å². The van der Waals surface area contributed by atoms with E-state index in [0.717, 1.165) is 16.7 Å². The van der Waals surface area contributed by atoms with Crippen LogP contribution in [0.25, 0.3) is 0 Å². The molecule has 0 fully saturated rings. The van der Waals surface area contributed by atoms with Crippen molar-refractivity contribution < 1.29 is 14.4 Å². The molecular formula is C25H31N3O3. The van der Waals surface area contributed by atoms with Crippen LogP contribution < -0.4 is 10.6 Å². The second-order valence-electron chi connectivity index (χ2n) is 8.65. The number of nitrogens with one attached hydrogen (secondary N) is 2. The normalized spacial score (nSPS) is 16.4. The summed E-state index contributed by atoms with van der Waals surface area (Å²) in [6.45, 7) is 7.83. The Morgan fingerprint density at radius 2 is 1.74 bits per heavy atom. The summed E-state index contributed by atoms with van der Waals surface area (Å²) in [5.74, 6) is -0.0770. The maximum Gasteiger partial charge on any atom is 0.243 e. The number of benzene rings is 2. The summed E-state index contributed by atoms with van der Waals surface area (Å²) in [6, 6.07) is 14.6. The Labute approximate surface area is 184 Å². The predicted octanol–water partition coefficient (Wildman–Crippen LogP) is 3.82. The van der Waals surface area contributed by atoms with E-state index in [4.69, 9.17) is 0 Å². The molecule has 2 aromatic carbocycles.